The molecule has 0 unspecified atom stereocenters. The monoisotopic (exact) mass is 535 g/mol. The summed E-state index contributed by atoms with van der Waals surface area (Å²) in [6, 6.07) is 16.2. The first-order valence-corrected chi connectivity index (χ1v) is 12.6. The van der Waals surface area contributed by atoms with Crippen molar-refractivity contribution in [1.82, 2.24) is 24.6 Å². The van der Waals surface area contributed by atoms with E-state index in [-0.39, 0.29) is 4.83 Å². The SMILES string of the molecule is CCOc1ccc(OCc2cccc(-c3nc4c5sc6nc(C(F)(F)F)cc(C)c6c5ncn4n3)c2)cc1. The maximum absolute atomic E-state index is 13.3. The highest BCUT2D eigenvalue weighted by atomic mass is 32.1. The van der Waals surface area contributed by atoms with Crippen LogP contribution in [-0.4, -0.2) is 31.2 Å². The van der Waals surface area contributed by atoms with Gasteiger partial charge < -0.3 is 9.47 Å². The van der Waals surface area contributed by atoms with Crippen LogP contribution in [0.5, 0.6) is 11.5 Å². The van der Waals surface area contributed by atoms with Gasteiger partial charge in [-0.05, 0) is 61.4 Å². The minimum Gasteiger partial charge on any atom is -0.494 e. The molecule has 0 fully saturated rings. The number of hydrogen-bond donors (Lipinski definition) is 0. The van der Waals surface area contributed by atoms with E-state index >= 15 is 0 Å². The third-order valence-electron chi connectivity index (χ3n) is 5.98. The highest BCUT2D eigenvalue weighted by molar-refractivity contribution is 7.26. The molecule has 7 nitrogen and oxygen atoms in total. The lowest BCUT2D eigenvalue weighted by Crippen LogP contribution is -2.07. The minimum absolute atomic E-state index is 0.269. The second-order valence-electron chi connectivity index (χ2n) is 8.62. The molecule has 0 aliphatic rings. The van der Waals surface area contributed by atoms with Gasteiger partial charge >= 0.3 is 6.18 Å². The van der Waals surface area contributed by atoms with Crippen LogP contribution in [0.2, 0.25) is 0 Å². The summed E-state index contributed by atoms with van der Waals surface area (Å²) in [6.45, 7) is 4.52. The van der Waals surface area contributed by atoms with E-state index in [0.29, 0.717) is 45.9 Å². The first-order valence-electron chi connectivity index (χ1n) is 11.8. The van der Waals surface area contributed by atoms with Crippen LogP contribution < -0.4 is 9.47 Å². The molecule has 0 atom stereocenters. The lowest BCUT2D eigenvalue weighted by atomic mass is 10.1. The molecule has 0 saturated carbocycles. The molecule has 4 heterocycles. The molecule has 4 aromatic heterocycles. The van der Waals surface area contributed by atoms with Crippen molar-refractivity contribution < 1.29 is 22.6 Å². The zero-order chi connectivity index (χ0) is 26.4. The Morgan fingerprint density at radius 1 is 0.974 bits per heavy atom. The fourth-order valence-electron chi connectivity index (χ4n) is 4.24. The highest BCUT2D eigenvalue weighted by Gasteiger charge is 2.33. The molecular formula is C27H20F3N5O2S. The molecule has 0 saturated heterocycles. The molecule has 6 aromatic rings. The standard InChI is InChI=1S/C27H20F3N5O2S/c1-3-36-18-7-9-19(10-8-18)37-13-16-5-4-6-17(12-16)24-33-25-23-22(31-14-35(25)34-24)21-15(2)11-20(27(28,29)30)32-26(21)38-23/h4-12,14H,3,13H2,1-2H3. The van der Waals surface area contributed by atoms with Crippen molar-refractivity contribution in [2.24, 2.45) is 0 Å². The van der Waals surface area contributed by atoms with Gasteiger partial charge in [0.25, 0.3) is 0 Å². The number of ether oxygens (including phenoxy) is 2. The van der Waals surface area contributed by atoms with Crippen molar-refractivity contribution in [2.45, 2.75) is 26.6 Å². The number of thiophene rings is 1. The zero-order valence-corrected chi connectivity index (χ0v) is 21.1. The molecule has 0 amide bonds. The van der Waals surface area contributed by atoms with Gasteiger partial charge in [0.1, 0.15) is 39.7 Å². The number of pyridine rings is 1. The van der Waals surface area contributed by atoms with Crippen molar-refractivity contribution in [3.05, 3.63) is 77.7 Å². The van der Waals surface area contributed by atoms with Gasteiger partial charge in [0.05, 0.1) is 12.1 Å². The Hall–Kier alpha value is -4.25. The predicted octanol–water partition coefficient (Wildman–Crippen LogP) is 6.86. The first-order chi connectivity index (χ1) is 18.3. The smallest absolute Gasteiger partial charge is 0.433 e. The van der Waals surface area contributed by atoms with E-state index in [4.69, 9.17) is 14.5 Å². The summed E-state index contributed by atoms with van der Waals surface area (Å²) in [5.74, 6) is 1.98. The number of benzene rings is 2. The molecule has 0 N–H and O–H groups in total. The largest absolute Gasteiger partial charge is 0.494 e. The second kappa shape index (κ2) is 9.25. The molecule has 0 radical (unpaired) electrons. The van der Waals surface area contributed by atoms with Gasteiger partial charge in [-0.1, -0.05) is 18.2 Å². The number of rotatable bonds is 6. The second-order valence-corrected chi connectivity index (χ2v) is 9.62. The predicted molar refractivity (Wildman–Crippen MR) is 139 cm³/mol. The minimum atomic E-state index is -4.53. The van der Waals surface area contributed by atoms with Gasteiger partial charge in [-0.15, -0.1) is 16.4 Å². The van der Waals surface area contributed by atoms with E-state index in [1.54, 1.807) is 6.92 Å². The van der Waals surface area contributed by atoms with Crippen molar-refractivity contribution >= 4 is 37.4 Å². The maximum atomic E-state index is 13.3. The number of aryl methyl sites for hydroxylation is 1. The Kier molecular flexibility index (Phi) is 5.87. The van der Waals surface area contributed by atoms with Crippen LogP contribution in [0.15, 0.2) is 60.9 Å². The van der Waals surface area contributed by atoms with E-state index in [9.17, 15) is 13.2 Å². The van der Waals surface area contributed by atoms with Crippen molar-refractivity contribution in [3.63, 3.8) is 0 Å². The van der Waals surface area contributed by atoms with E-state index in [2.05, 4.69) is 15.1 Å². The Bertz CT molecular complexity index is 1800. The van der Waals surface area contributed by atoms with E-state index in [1.165, 1.54) is 10.8 Å². The topological polar surface area (TPSA) is 74.4 Å². The van der Waals surface area contributed by atoms with Crippen LogP contribution >= 0.6 is 11.3 Å². The van der Waals surface area contributed by atoms with Crippen LogP contribution in [0.1, 0.15) is 23.7 Å². The van der Waals surface area contributed by atoms with Crippen LogP contribution in [0.25, 0.3) is 37.5 Å². The normalized spacial score (nSPS) is 12.0. The lowest BCUT2D eigenvalue weighted by molar-refractivity contribution is -0.141. The summed E-state index contributed by atoms with van der Waals surface area (Å²) in [4.78, 5) is 13.3. The molecule has 38 heavy (non-hydrogen) atoms. The fourth-order valence-corrected chi connectivity index (χ4v) is 5.42. The summed E-state index contributed by atoms with van der Waals surface area (Å²) < 4.78 is 53.5. The number of halogens is 3. The van der Waals surface area contributed by atoms with E-state index in [0.717, 1.165) is 40.0 Å². The van der Waals surface area contributed by atoms with Crippen LogP contribution in [0.3, 0.4) is 0 Å². The number of aromatic nitrogens is 5. The first kappa shape index (κ1) is 24.1. The summed E-state index contributed by atoms with van der Waals surface area (Å²) in [5, 5.41) is 5.16. The summed E-state index contributed by atoms with van der Waals surface area (Å²) in [5.41, 5.74) is 2.33. The van der Waals surface area contributed by atoms with Gasteiger partial charge in [-0.25, -0.2) is 19.5 Å². The molecule has 192 valence electrons. The van der Waals surface area contributed by atoms with Crippen molar-refractivity contribution in [2.75, 3.05) is 6.61 Å². The van der Waals surface area contributed by atoms with Gasteiger partial charge in [0, 0.05) is 10.9 Å². The molecule has 0 aliphatic heterocycles. The third-order valence-corrected chi connectivity index (χ3v) is 7.05. The molecule has 11 heteroatoms. The van der Waals surface area contributed by atoms with Crippen LogP contribution in [0, 0.1) is 6.92 Å². The Labute approximate surface area is 218 Å². The van der Waals surface area contributed by atoms with E-state index in [1.807, 2.05) is 55.5 Å². The van der Waals surface area contributed by atoms with Gasteiger partial charge in [-0.2, -0.15) is 13.2 Å². The summed E-state index contributed by atoms with van der Waals surface area (Å²) in [7, 11) is 0. The number of hydrogen-bond acceptors (Lipinski definition) is 7. The maximum Gasteiger partial charge on any atom is 0.433 e. The Balaban J connectivity index is 1.32. The third kappa shape index (κ3) is 4.38. The van der Waals surface area contributed by atoms with Crippen LogP contribution in [-0.2, 0) is 12.8 Å². The molecule has 0 bridgehead atoms. The van der Waals surface area contributed by atoms with Crippen molar-refractivity contribution in [3.8, 4) is 22.9 Å². The molecule has 2 aromatic carbocycles. The summed E-state index contributed by atoms with van der Waals surface area (Å²) >= 11 is 1.13. The Morgan fingerprint density at radius 2 is 1.74 bits per heavy atom. The highest BCUT2D eigenvalue weighted by Crippen LogP contribution is 2.38. The molecule has 0 aliphatic carbocycles. The van der Waals surface area contributed by atoms with Gasteiger partial charge in [-0.3, -0.25) is 0 Å². The summed E-state index contributed by atoms with van der Waals surface area (Å²) in [6.07, 6.45) is -3.00. The number of alkyl halides is 3. The average molecular weight is 536 g/mol. The van der Waals surface area contributed by atoms with Crippen molar-refractivity contribution in [1.29, 1.82) is 0 Å². The molecule has 6 rings (SSSR count). The average Bonchev–Trinajstić information content (AvgIpc) is 3.50. The van der Waals surface area contributed by atoms with Gasteiger partial charge in [0.2, 0.25) is 0 Å². The number of nitrogens with zero attached hydrogens (tertiary/aromatic N) is 5. The quantitative estimate of drug-likeness (QED) is 0.232. The molecule has 0 spiro atoms. The zero-order valence-electron chi connectivity index (χ0n) is 20.3. The Morgan fingerprint density at radius 3 is 2.47 bits per heavy atom. The fraction of sp³-hybridized carbons (Fsp3) is 0.185. The number of fused-ring (bicyclic) bond motifs is 5. The van der Waals surface area contributed by atoms with Crippen LogP contribution in [0.4, 0.5) is 13.2 Å². The lowest BCUT2D eigenvalue weighted by Gasteiger charge is -2.08. The van der Waals surface area contributed by atoms with Gasteiger partial charge in [0.15, 0.2) is 11.5 Å². The van der Waals surface area contributed by atoms with E-state index < -0.39 is 11.9 Å². The molecular weight excluding hydrogens is 515 g/mol.